The number of anilines is 1. The molecular formula is C26H26N2O2S2. The number of carbonyl (C=O) groups excluding carboxylic acids is 1. The second-order valence-corrected chi connectivity index (χ2v) is 11.6. The normalized spacial score (nSPS) is 27.7. The molecular weight excluding hydrogens is 436 g/mol. The van der Waals surface area contributed by atoms with Gasteiger partial charge < -0.3 is 5.32 Å². The van der Waals surface area contributed by atoms with E-state index in [0.29, 0.717) is 11.2 Å². The van der Waals surface area contributed by atoms with Gasteiger partial charge in [0.15, 0.2) is 0 Å². The molecule has 2 aromatic carbocycles. The average molecular weight is 463 g/mol. The fourth-order valence-electron chi connectivity index (χ4n) is 6.10. The molecule has 5 unspecified atom stereocenters. The van der Waals surface area contributed by atoms with E-state index in [1.54, 1.807) is 4.57 Å². The zero-order valence-electron chi connectivity index (χ0n) is 18.0. The Kier molecular flexibility index (Phi) is 5.03. The lowest BCUT2D eigenvalue weighted by Gasteiger charge is -2.40. The number of benzene rings is 2. The Morgan fingerprint density at radius 2 is 1.81 bits per heavy atom. The summed E-state index contributed by atoms with van der Waals surface area (Å²) in [7, 11) is 0. The summed E-state index contributed by atoms with van der Waals surface area (Å²) in [6, 6.07) is 18.5. The summed E-state index contributed by atoms with van der Waals surface area (Å²) < 4.78 is 1.73. The minimum atomic E-state index is -0.150. The van der Waals surface area contributed by atoms with E-state index in [4.69, 9.17) is 0 Å². The maximum absolute atomic E-state index is 13.1. The monoisotopic (exact) mass is 462 g/mol. The minimum Gasteiger partial charge on any atom is -0.325 e. The highest BCUT2D eigenvalue weighted by atomic mass is 32.2. The number of amides is 1. The molecule has 0 spiro atoms. The van der Waals surface area contributed by atoms with E-state index in [1.807, 2.05) is 43.0 Å². The lowest BCUT2D eigenvalue weighted by atomic mass is 9.75. The summed E-state index contributed by atoms with van der Waals surface area (Å²) in [4.78, 5) is 27.1. The topological polar surface area (TPSA) is 51.1 Å². The lowest BCUT2D eigenvalue weighted by molar-refractivity contribution is -0.116. The summed E-state index contributed by atoms with van der Waals surface area (Å²) in [6.45, 7) is 2.09. The number of nitrogens with one attached hydrogen (secondary N) is 1. The molecule has 0 saturated heterocycles. The van der Waals surface area contributed by atoms with Gasteiger partial charge in [0.05, 0.1) is 5.03 Å². The predicted molar refractivity (Wildman–Crippen MR) is 131 cm³/mol. The molecule has 2 aliphatic carbocycles. The Bertz CT molecular complexity index is 1210. The zero-order valence-corrected chi connectivity index (χ0v) is 19.6. The summed E-state index contributed by atoms with van der Waals surface area (Å²) >= 11 is 3.23. The molecule has 32 heavy (non-hydrogen) atoms. The van der Waals surface area contributed by atoms with Crippen LogP contribution in [0.3, 0.4) is 0 Å². The Morgan fingerprint density at radius 3 is 2.59 bits per heavy atom. The molecule has 2 fully saturated rings. The van der Waals surface area contributed by atoms with Crippen molar-refractivity contribution in [3.05, 3.63) is 80.3 Å². The quantitative estimate of drug-likeness (QED) is 0.556. The Hall–Kier alpha value is -2.31. The molecule has 1 amide bonds. The predicted octanol–water partition coefficient (Wildman–Crippen LogP) is 5.51. The van der Waals surface area contributed by atoms with Gasteiger partial charge in [-0.15, -0.1) is 11.8 Å². The maximum Gasteiger partial charge on any atom is 0.308 e. The number of thioether (sulfide) groups is 1. The fourth-order valence-corrected chi connectivity index (χ4v) is 9.25. The van der Waals surface area contributed by atoms with Crippen molar-refractivity contribution in [2.24, 2.45) is 17.8 Å². The van der Waals surface area contributed by atoms with Gasteiger partial charge in [0.1, 0.15) is 6.54 Å². The van der Waals surface area contributed by atoms with Crippen molar-refractivity contribution in [2.45, 2.75) is 48.9 Å². The van der Waals surface area contributed by atoms with E-state index in [-0.39, 0.29) is 23.2 Å². The van der Waals surface area contributed by atoms with Crippen LogP contribution in [0.2, 0.25) is 0 Å². The van der Waals surface area contributed by atoms with Crippen LogP contribution in [-0.4, -0.2) is 15.7 Å². The smallest absolute Gasteiger partial charge is 0.308 e. The third-order valence-corrected chi connectivity index (χ3v) is 10.3. The van der Waals surface area contributed by atoms with E-state index in [9.17, 15) is 9.59 Å². The van der Waals surface area contributed by atoms with Gasteiger partial charge in [0, 0.05) is 21.7 Å². The van der Waals surface area contributed by atoms with Gasteiger partial charge in [0.2, 0.25) is 5.91 Å². The molecule has 6 rings (SSSR count). The number of fused-ring (bicyclic) bond motifs is 6. The molecule has 4 nitrogen and oxygen atoms in total. The SMILES string of the molecule is Cc1ccc(NC(=O)Cn2c3c(sc2=O)C(c2ccccc2)C2C4CCC(C4)C2S3)cc1. The summed E-state index contributed by atoms with van der Waals surface area (Å²) in [5.74, 6) is 2.21. The highest BCUT2D eigenvalue weighted by molar-refractivity contribution is 8.00. The van der Waals surface area contributed by atoms with Crippen LogP contribution in [0.25, 0.3) is 0 Å². The van der Waals surface area contributed by atoms with Crippen LogP contribution >= 0.6 is 23.1 Å². The van der Waals surface area contributed by atoms with Gasteiger partial charge in [-0.1, -0.05) is 59.4 Å². The van der Waals surface area contributed by atoms with Crippen LogP contribution in [0.5, 0.6) is 0 Å². The molecule has 6 heteroatoms. The average Bonchev–Trinajstić information content (AvgIpc) is 3.49. The van der Waals surface area contributed by atoms with E-state index >= 15 is 0 Å². The van der Waals surface area contributed by atoms with Gasteiger partial charge in [-0.05, 0) is 61.6 Å². The van der Waals surface area contributed by atoms with E-state index < -0.39 is 0 Å². The molecule has 2 saturated carbocycles. The molecule has 2 bridgehead atoms. The van der Waals surface area contributed by atoms with E-state index in [1.165, 1.54) is 41.0 Å². The second-order valence-electron chi connectivity index (χ2n) is 9.42. The van der Waals surface area contributed by atoms with Crippen LogP contribution < -0.4 is 10.2 Å². The van der Waals surface area contributed by atoms with Crippen LogP contribution in [0.1, 0.15) is 41.2 Å². The highest BCUT2D eigenvalue weighted by Gasteiger charge is 2.55. The first kappa shape index (κ1) is 20.3. The molecule has 2 heterocycles. The highest BCUT2D eigenvalue weighted by Crippen LogP contribution is 2.63. The Labute approximate surface area is 196 Å². The fraction of sp³-hybridized carbons (Fsp3) is 0.385. The number of thiazole rings is 1. The van der Waals surface area contributed by atoms with Gasteiger partial charge in [-0.25, -0.2) is 0 Å². The minimum absolute atomic E-state index is 0.0187. The summed E-state index contributed by atoms with van der Waals surface area (Å²) in [5, 5.41) is 4.53. The zero-order chi connectivity index (χ0) is 21.8. The Morgan fingerprint density at radius 1 is 1.06 bits per heavy atom. The second kappa shape index (κ2) is 7.92. The maximum atomic E-state index is 13.1. The molecule has 3 aromatic rings. The summed E-state index contributed by atoms with van der Waals surface area (Å²) in [6.07, 6.45) is 3.94. The molecule has 164 valence electrons. The first-order valence-corrected chi connectivity index (χ1v) is 13.1. The molecule has 1 N–H and O–H groups in total. The van der Waals surface area contributed by atoms with Crippen LogP contribution in [0, 0.1) is 24.7 Å². The Balaban J connectivity index is 1.35. The van der Waals surface area contributed by atoms with Gasteiger partial charge >= 0.3 is 4.87 Å². The lowest BCUT2D eigenvalue weighted by Crippen LogP contribution is -2.34. The number of nitrogens with zero attached hydrogens (tertiary/aromatic N) is 1. The first-order valence-electron chi connectivity index (χ1n) is 11.4. The third-order valence-electron chi connectivity index (χ3n) is 7.49. The van der Waals surface area contributed by atoms with Crippen molar-refractivity contribution in [3.63, 3.8) is 0 Å². The van der Waals surface area contributed by atoms with Crippen LogP contribution in [0.15, 0.2) is 64.4 Å². The van der Waals surface area contributed by atoms with Gasteiger partial charge in [0.25, 0.3) is 0 Å². The van der Waals surface area contributed by atoms with Crippen molar-refractivity contribution in [3.8, 4) is 0 Å². The number of rotatable bonds is 4. The van der Waals surface area contributed by atoms with Crippen molar-refractivity contribution in [2.75, 3.05) is 5.32 Å². The van der Waals surface area contributed by atoms with E-state index in [2.05, 4.69) is 35.6 Å². The number of aromatic nitrogens is 1. The van der Waals surface area contributed by atoms with Crippen molar-refractivity contribution >= 4 is 34.7 Å². The van der Waals surface area contributed by atoms with Gasteiger partial charge in [-0.3, -0.25) is 14.2 Å². The standard InChI is InChI=1S/C26H26N2O2S2/c1-15-7-11-19(12-8-15)27-20(29)14-28-25-24(32-26(28)30)21(16-5-3-2-4-6-16)22-17-9-10-18(13-17)23(22)31-25/h2-8,11-12,17-18,21-23H,9-10,13-14H2,1H3,(H,27,29). The van der Waals surface area contributed by atoms with Gasteiger partial charge in [-0.2, -0.15) is 0 Å². The molecule has 1 aromatic heterocycles. The van der Waals surface area contributed by atoms with Crippen molar-refractivity contribution in [1.82, 2.24) is 4.57 Å². The molecule has 5 atom stereocenters. The number of carbonyl (C=O) groups is 1. The first-order chi connectivity index (χ1) is 15.6. The third kappa shape index (κ3) is 3.35. The van der Waals surface area contributed by atoms with Crippen molar-refractivity contribution in [1.29, 1.82) is 0 Å². The van der Waals surface area contributed by atoms with Crippen LogP contribution in [-0.2, 0) is 11.3 Å². The molecule has 3 aliphatic rings. The number of hydrogen-bond donors (Lipinski definition) is 1. The summed E-state index contributed by atoms with van der Waals surface area (Å²) in [5.41, 5.74) is 3.23. The molecule has 0 radical (unpaired) electrons. The molecule has 1 aliphatic heterocycles. The number of aryl methyl sites for hydroxylation is 1. The van der Waals surface area contributed by atoms with Crippen LogP contribution in [0.4, 0.5) is 5.69 Å². The van der Waals surface area contributed by atoms with E-state index in [0.717, 1.165) is 28.1 Å². The van der Waals surface area contributed by atoms with Crippen molar-refractivity contribution < 1.29 is 4.79 Å². The number of hydrogen-bond acceptors (Lipinski definition) is 4. The largest absolute Gasteiger partial charge is 0.325 e.